The Morgan fingerprint density at radius 1 is 0.600 bits per heavy atom. The van der Waals surface area contributed by atoms with Gasteiger partial charge in [-0.1, -0.05) is 36.4 Å². The third kappa shape index (κ3) is 3.52. The maximum atomic E-state index is 5.32. The lowest BCUT2D eigenvalue weighted by Crippen LogP contribution is -2.25. The summed E-state index contributed by atoms with van der Waals surface area (Å²) in [6.45, 7) is 2.26. The molecule has 3 rings (SSSR count). The van der Waals surface area contributed by atoms with Gasteiger partial charge in [0, 0.05) is 8.99 Å². The van der Waals surface area contributed by atoms with E-state index < -0.39 is 0 Å². The molecule has 25 heavy (non-hydrogen) atoms. The average molecular weight is 444 g/mol. The topological polar surface area (TPSA) is 18.5 Å². The van der Waals surface area contributed by atoms with E-state index in [9.17, 15) is 0 Å². The van der Waals surface area contributed by atoms with Gasteiger partial charge >= 0.3 is 0 Å². The molecule has 0 aliphatic carbocycles. The fourth-order valence-corrected chi connectivity index (χ4v) is 3.49. The lowest BCUT2D eigenvalue weighted by Gasteiger charge is -2.32. The van der Waals surface area contributed by atoms with Gasteiger partial charge in [0.2, 0.25) is 0 Å². The van der Waals surface area contributed by atoms with Gasteiger partial charge in [-0.2, -0.15) is 0 Å². The molecule has 0 bridgehead atoms. The predicted octanol–water partition coefficient (Wildman–Crippen LogP) is 5.66. The summed E-state index contributed by atoms with van der Waals surface area (Å²) in [5, 5.41) is 0. The van der Waals surface area contributed by atoms with E-state index in [2.05, 4.69) is 78.0 Å². The van der Waals surface area contributed by atoms with Crippen LogP contribution in [-0.2, 0) is 5.41 Å². The largest absolute Gasteiger partial charge is 0.497 e. The molecule has 0 amide bonds. The molecular formula is C22H21IO2. The first-order valence-corrected chi connectivity index (χ1v) is 9.21. The van der Waals surface area contributed by atoms with Crippen molar-refractivity contribution >= 4 is 22.6 Å². The molecule has 0 N–H and O–H groups in total. The minimum Gasteiger partial charge on any atom is -0.497 e. The summed E-state index contributed by atoms with van der Waals surface area (Å²) in [6.07, 6.45) is 0. The number of benzene rings is 3. The number of methoxy groups -OCH3 is 2. The van der Waals surface area contributed by atoms with Crippen molar-refractivity contribution < 1.29 is 9.47 Å². The molecule has 0 aliphatic rings. The number of rotatable bonds is 5. The summed E-state index contributed by atoms with van der Waals surface area (Å²) in [5.74, 6) is 1.73. The quantitative estimate of drug-likeness (QED) is 0.374. The molecule has 0 saturated carbocycles. The predicted molar refractivity (Wildman–Crippen MR) is 111 cm³/mol. The van der Waals surface area contributed by atoms with Gasteiger partial charge in [0.05, 0.1) is 14.2 Å². The smallest absolute Gasteiger partial charge is 0.118 e. The van der Waals surface area contributed by atoms with E-state index in [1.807, 2.05) is 24.3 Å². The summed E-state index contributed by atoms with van der Waals surface area (Å²) >= 11 is 2.34. The van der Waals surface area contributed by atoms with Crippen LogP contribution in [0.15, 0.2) is 72.8 Å². The zero-order valence-electron chi connectivity index (χ0n) is 14.6. The van der Waals surface area contributed by atoms with Crippen molar-refractivity contribution in [3.05, 3.63) is 93.1 Å². The van der Waals surface area contributed by atoms with Crippen LogP contribution in [0.1, 0.15) is 23.6 Å². The van der Waals surface area contributed by atoms with E-state index in [1.54, 1.807) is 14.2 Å². The minimum atomic E-state index is -0.261. The van der Waals surface area contributed by atoms with Gasteiger partial charge in [0.1, 0.15) is 11.5 Å². The van der Waals surface area contributed by atoms with E-state index in [1.165, 1.54) is 20.3 Å². The molecule has 2 nitrogen and oxygen atoms in total. The second-order valence-corrected chi connectivity index (χ2v) is 7.33. The highest BCUT2D eigenvalue weighted by Crippen LogP contribution is 2.40. The fourth-order valence-electron chi connectivity index (χ4n) is 3.13. The Morgan fingerprint density at radius 3 is 1.24 bits per heavy atom. The van der Waals surface area contributed by atoms with Crippen LogP contribution in [0, 0.1) is 3.57 Å². The Morgan fingerprint density at radius 2 is 0.920 bits per heavy atom. The molecule has 0 unspecified atom stereocenters. The molecule has 3 aromatic carbocycles. The number of hydrogen-bond acceptors (Lipinski definition) is 2. The lowest BCUT2D eigenvalue weighted by atomic mass is 9.71. The van der Waals surface area contributed by atoms with Crippen LogP contribution < -0.4 is 9.47 Å². The van der Waals surface area contributed by atoms with Gasteiger partial charge in [0.15, 0.2) is 0 Å². The van der Waals surface area contributed by atoms with Crippen LogP contribution in [0.3, 0.4) is 0 Å². The average Bonchev–Trinajstić information content (AvgIpc) is 2.68. The zero-order chi connectivity index (χ0) is 17.9. The third-order valence-electron chi connectivity index (χ3n) is 4.76. The maximum absolute atomic E-state index is 5.32. The lowest BCUT2D eigenvalue weighted by molar-refractivity contribution is 0.414. The van der Waals surface area contributed by atoms with Crippen LogP contribution in [0.4, 0.5) is 0 Å². The van der Waals surface area contributed by atoms with Crippen molar-refractivity contribution in [2.75, 3.05) is 14.2 Å². The summed E-state index contributed by atoms with van der Waals surface area (Å²) in [4.78, 5) is 0. The molecule has 0 aliphatic heterocycles. The first-order chi connectivity index (χ1) is 12.1. The summed E-state index contributed by atoms with van der Waals surface area (Å²) < 4.78 is 11.9. The number of ether oxygens (including phenoxy) is 2. The highest BCUT2D eigenvalue weighted by atomic mass is 127. The van der Waals surface area contributed by atoms with Gasteiger partial charge in [-0.25, -0.2) is 0 Å². The van der Waals surface area contributed by atoms with Crippen molar-refractivity contribution in [3.8, 4) is 11.5 Å². The van der Waals surface area contributed by atoms with Crippen LogP contribution >= 0.6 is 22.6 Å². The van der Waals surface area contributed by atoms with Crippen LogP contribution in [-0.4, -0.2) is 14.2 Å². The Hall–Kier alpha value is -2.01. The highest BCUT2D eigenvalue weighted by molar-refractivity contribution is 14.1. The number of halogens is 1. The van der Waals surface area contributed by atoms with Crippen molar-refractivity contribution in [3.63, 3.8) is 0 Å². The molecule has 3 heteroatoms. The monoisotopic (exact) mass is 444 g/mol. The summed E-state index contributed by atoms with van der Waals surface area (Å²) in [6, 6.07) is 25.3. The standard InChI is InChI=1S/C22H21IO2/c1-22(16-4-10-19(23)11-5-16,17-6-12-20(24-2)13-7-17)18-8-14-21(25-3)15-9-18/h4-15H,1-3H3. The van der Waals surface area contributed by atoms with Crippen molar-refractivity contribution in [2.24, 2.45) is 0 Å². The maximum Gasteiger partial charge on any atom is 0.118 e. The Kier molecular flexibility index (Phi) is 5.33. The van der Waals surface area contributed by atoms with Crippen LogP contribution in [0.25, 0.3) is 0 Å². The Labute approximate surface area is 162 Å². The van der Waals surface area contributed by atoms with E-state index in [-0.39, 0.29) is 5.41 Å². The van der Waals surface area contributed by atoms with E-state index in [4.69, 9.17) is 9.47 Å². The molecule has 0 spiro atoms. The van der Waals surface area contributed by atoms with Gasteiger partial charge in [-0.05, 0) is 82.6 Å². The third-order valence-corrected chi connectivity index (χ3v) is 5.48. The van der Waals surface area contributed by atoms with Crippen LogP contribution in [0.5, 0.6) is 11.5 Å². The van der Waals surface area contributed by atoms with Gasteiger partial charge < -0.3 is 9.47 Å². The SMILES string of the molecule is COc1ccc(C(C)(c2ccc(I)cc2)c2ccc(OC)cc2)cc1. The number of hydrogen-bond donors (Lipinski definition) is 0. The van der Waals surface area contributed by atoms with E-state index >= 15 is 0 Å². The second kappa shape index (κ2) is 7.48. The first-order valence-electron chi connectivity index (χ1n) is 8.13. The molecule has 0 atom stereocenters. The normalized spacial score (nSPS) is 11.2. The van der Waals surface area contributed by atoms with E-state index in [0.29, 0.717) is 0 Å². The minimum absolute atomic E-state index is 0.261. The molecule has 0 saturated heterocycles. The zero-order valence-corrected chi connectivity index (χ0v) is 16.8. The molecule has 0 aromatic heterocycles. The van der Waals surface area contributed by atoms with Crippen molar-refractivity contribution in [2.45, 2.75) is 12.3 Å². The molecule has 0 fully saturated rings. The van der Waals surface area contributed by atoms with Gasteiger partial charge in [0.25, 0.3) is 0 Å². The summed E-state index contributed by atoms with van der Waals surface area (Å²) in [7, 11) is 3.38. The highest BCUT2D eigenvalue weighted by Gasteiger charge is 2.31. The summed E-state index contributed by atoms with van der Waals surface area (Å²) in [5.41, 5.74) is 3.44. The molecule has 0 radical (unpaired) electrons. The van der Waals surface area contributed by atoms with Crippen molar-refractivity contribution in [1.29, 1.82) is 0 Å². The van der Waals surface area contributed by atoms with Crippen molar-refractivity contribution in [1.82, 2.24) is 0 Å². The molecule has 128 valence electrons. The van der Waals surface area contributed by atoms with Crippen LogP contribution in [0.2, 0.25) is 0 Å². The van der Waals surface area contributed by atoms with Gasteiger partial charge in [-0.15, -0.1) is 0 Å². The van der Waals surface area contributed by atoms with E-state index in [0.717, 1.165) is 11.5 Å². The van der Waals surface area contributed by atoms with Gasteiger partial charge in [-0.3, -0.25) is 0 Å². The molecular weight excluding hydrogens is 423 g/mol. The molecule has 0 heterocycles. The Bertz CT molecular complexity index is 774. The second-order valence-electron chi connectivity index (χ2n) is 6.09. The molecule has 3 aromatic rings. The first kappa shape index (κ1) is 17.8. The fraction of sp³-hybridized carbons (Fsp3) is 0.182. The Balaban J connectivity index is 2.16.